The highest BCUT2D eigenvalue weighted by Gasteiger charge is 2.10. The summed E-state index contributed by atoms with van der Waals surface area (Å²) in [6, 6.07) is 1.82. The Morgan fingerprint density at radius 3 is 2.77 bits per heavy atom. The molecule has 13 heavy (non-hydrogen) atoms. The fourth-order valence-corrected chi connectivity index (χ4v) is 1.31. The van der Waals surface area contributed by atoms with Crippen LogP contribution in [0.5, 0.6) is 0 Å². The molecule has 0 spiro atoms. The van der Waals surface area contributed by atoms with Gasteiger partial charge in [-0.25, -0.2) is 4.98 Å². The maximum atomic E-state index is 7.78. The highest BCUT2D eigenvalue weighted by molar-refractivity contribution is 9.10. The van der Waals surface area contributed by atoms with Crippen LogP contribution in [0.25, 0.3) is 0 Å². The minimum Gasteiger partial charge on any atom is -0.383 e. The molecule has 0 amide bonds. The zero-order valence-electron chi connectivity index (χ0n) is 7.63. The monoisotopic (exact) mass is 241 g/mol. The zero-order valence-corrected chi connectivity index (χ0v) is 9.22. The van der Waals surface area contributed by atoms with Gasteiger partial charge in [-0.05, 0) is 27.9 Å². The molecule has 1 rings (SSSR count). The van der Waals surface area contributed by atoms with E-state index in [0.717, 1.165) is 4.47 Å². The Hall–Kier alpha value is -0.900. The van der Waals surface area contributed by atoms with Gasteiger partial charge in [-0.3, -0.25) is 0 Å². The second kappa shape index (κ2) is 3.87. The molecule has 0 atom stereocenters. The van der Waals surface area contributed by atoms with Gasteiger partial charge in [-0.2, -0.15) is 0 Å². The summed E-state index contributed by atoms with van der Waals surface area (Å²) in [6.45, 7) is 3.92. The second-order valence-electron chi connectivity index (χ2n) is 3.15. The zero-order chi connectivity index (χ0) is 10.0. The molecular weight excluding hydrogens is 230 g/mol. The Balaban J connectivity index is 3.13. The molecule has 1 aromatic rings. The molecule has 0 unspecified atom stereocenters. The van der Waals surface area contributed by atoms with Gasteiger partial charge >= 0.3 is 0 Å². The first-order chi connectivity index (χ1) is 6.02. The van der Waals surface area contributed by atoms with Crippen molar-refractivity contribution in [1.82, 2.24) is 4.98 Å². The molecule has 0 radical (unpaired) electrons. The summed E-state index contributed by atoms with van der Waals surface area (Å²) in [5, 5.41) is 7.78. The molecule has 3 nitrogen and oxygen atoms in total. The van der Waals surface area contributed by atoms with E-state index in [4.69, 9.17) is 11.1 Å². The van der Waals surface area contributed by atoms with E-state index in [0.29, 0.717) is 17.1 Å². The van der Waals surface area contributed by atoms with Crippen molar-refractivity contribution < 1.29 is 0 Å². The standard InChI is InChI=1S/C9H12BrN3/c1-5(2)8(11)7-3-6(10)4-13-9(7)12/h3-5,11H,1-2H3,(H2,12,13). The topological polar surface area (TPSA) is 62.8 Å². The Morgan fingerprint density at radius 1 is 1.62 bits per heavy atom. The van der Waals surface area contributed by atoms with E-state index in [-0.39, 0.29) is 5.92 Å². The molecule has 1 aromatic heterocycles. The minimum atomic E-state index is 0.165. The molecule has 0 saturated heterocycles. The van der Waals surface area contributed by atoms with E-state index in [9.17, 15) is 0 Å². The lowest BCUT2D eigenvalue weighted by atomic mass is 10.0. The van der Waals surface area contributed by atoms with Crippen molar-refractivity contribution in [1.29, 1.82) is 5.41 Å². The molecule has 0 saturated carbocycles. The highest BCUT2D eigenvalue weighted by Crippen LogP contribution is 2.18. The quantitative estimate of drug-likeness (QED) is 0.782. The van der Waals surface area contributed by atoms with Crippen LogP contribution < -0.4 is 5.73 Å². The van der Waals surface area contributed by atoms with Gasteiger partial charge in [0.1, 0.15) is 5.82 Å². The van der Waals surface area contributed by atoms with Crippen LogP contribution in [0.3, 0.4) is 0 Å². The van der Waals surface area contributed by atoms with Crippen LogP contribution in [0.4, 0.5) is 5.82 Å². The molecule has 0 aliphatic carbocycles. The average molecular weight is 242 g/mol. The van der Waals surface area contributed by atoms with Crippen LogP contribution in [0, 0.1) is 11.3 Å². The first-order valence-corrected chi connectivity index (χ1v) is 4.81. The summed E-state index contributed by atoms with van der Waals surface area (Å²) in [7, 11) is 0. The van der Waals surface area contributed by atoms with Gasteiger partial charge in [0.15, 0.2) is 0 Å². The number of hydrogen-bond acceptors (Lipinski definition) is 3. The second-order valence-corrected chi connectivity index (χ2v) is 4.07. The number of pyridine rings is 1. The maximum Gasteiger partial charge on any atom is 0.132 e. The summed E-state index contributed by atoms with van der Waals surface area (Å²) < 4.78 is 0.849. The largest absolute Gasteiger partial charge is 0.383 e. The molecule has 0 aliphatic heterocycles. The van der Waals surface area contributed by atoms with Gasteiger partial charge in [-0.15, -0.1) is 0 Å². The van der Waals surface area contributed by atoms with Gasteiger partial charge < -0.3 is 11.1 Å². The lowest BCUT2D eigenvalue weighted by Gasteiger charge is -2.09. The van der Waals surface area contributed by atoms with Gasteiger partial charge in [0.2, 0.25) is 0 Å². The number of halogens is 1. The third-order valence-electron chi connectivity index (χ3n) is 1.75. The number of aromatic nitrogens is 1. The average Bonchev–Trinajstić information content (AvgIpc) is 2.08. The van der Waals surface area contributed by atoms with Crippen molar-refractivity contribution in [2.24, 2.45) is 5.92 Å². The maximum absolute atomic E-state index is 7.78. The molecule has 0 bridgehead atoms. The molecule has 1 heterocycles. The SMILES string of the molecule is CC(C)C(=N)c1cc(Br)cnc1N. The van der Waals surface area contributed by atoms with Crippen LogP contribution in [0.1, 0.15) is 19.4 Å². The van der Waals surface area contributed by atoms with Crippen LogP contribution >= 0.6 is 15.9 Å². The number of nitrogens with zero attached hydrogens (tertiary/aromatic N) is 1. The molecule has 0 fully saturated rings. The smallest absolute Gasteiger partial charge is 0.132 e. The van der Waals surface area contributed by atoms with Gasteiger partial charge in [-0.1, -0.05) is 13.8 Å². The van der Waals surface area contributed by atoms with Crippen molar-refractivity contribution in [3.63, 3.8) is 0 Å². The molecular formula is C9H12BrN3. The molecule has 0 aliphatic rings. The normalized spacial score (nSPS) is 10.5. The van der Waals surface area contributed by atoms with E-state index in [1.807, 2.05) is 19.9 Å². The molecule has 3 N–H and O–H groups in total. The summed E-state index contributed by atoms with van der Waals surface area (Å²) in [5.41, 5.74) is 6.89. The van der Waals surface area contributed by atoms with Crippen LogP contribution in [0.15, 0.2) is 16.7 Å². The first-order valence-electron chi connectivity index (χ1n) is 4.02. The van der Waals surface area contributed by atoms with Crippen molar-refractivity contribution >= 4 is 27.5 Å². The summed E-state index contributed by atoms with van der Waals surface area (Å²) >= 11 is 3.30. The van der Waals surface area contributed by atoms with Crippen LogP contribution in [0.2, 0.25) is 0 Å². The van der Waals surface area contributed by atoms with E-state index in [1.165, 1.54) is 0 Å². The van der Waals surface area contributed by atoms with E-state index < -0.39 is 0 Å². The Bertz CT molecular complexity index is 334. The van der Waals surface area contributed by atoms with Crippen molar-refractivity contribution in [2.75, 3.05) is 5.73 Å². The number of hydrogen-bond donors (Lipinski definition) is 2. The number of anilines is 1. The fourth-order valence-electron chi connectivity index (χ4n) is 0.977. The van der Waals surface area contributed by atoms with Gasteiger partial charge in [0.25, 0.3) is 0 Å². The van der Waals surface area contributed by atoms with E-state index >= 15 is 0 Å². The van der Waals surface area contributed by atoms with Crippen molar-refractivity contribution in [2.45, 2.75) is 13.8 Å². The Labute approximate surface area is 86.0 Å². The Morgan fingerprint density at radius 2 is 2.23 bits per heavy atom. The van der Waals surface area contributed by atoms with Crippen molar-refractivity contribution in [3.8, 4) is 0 Å². The number of nitrogens with two attached hydrogens (primary N) is 1. The predicted octanol–water partition coefficient (Wildman–Crippen LogP) is 2.45. The number of nitrogens with one attached hydrogen (secondary N) is 1. The lowest BCUT2D eigenvalue weighted by Crippen LogP contribution is -2.11. The van der Waals surface area contributed by atoms with Crippen molar-refractivity contribution in [3.05, 3.63) is 22.3 Å². The fraction of sp³-hybridized carbons (Fsp3) is 0.333. The molecule has 4 heteroatoms. The van der Waals surface area contributed by atoms with Crippen LogP contribution in [-0.4, -0.2) is 10.7 Å². The predicted molar refractivity (Wildman–Crippen MR) is 58.0 cm³/mol. The Kier molecular flexibility index (Phi) is 3.03. The third-order valence-corrected chi connectivity index (χ3v) is 2.19. The van der Waals surface area contributed by atoms with Gasteiger partial charge in [0.05, 0.1) is 0 Å². The van der Waals surface area contributed by atoms with Gasteiger partial charge in [0, 0.05) is 21.9 Å². The van der Waals surface area contributed by atoms with E-state index in [1.54, 1.807) is 6.20 Å². The highest BCUT2D eigenvalue weighted by atomic mass is 79.9. The summed E-state index contributed by atoms with van der Waals surface area (Å²) in [5.74, 6) is 0.584. The first kappa shape index (κ1) is 10.2. The summed E-state index contributed by atoms with van der Waals surface area (Å²) in [6.07, 6.45) is 1.63. The lowest BCUT2D eigenvalue weighted by molar-refractivity contribution is 0.877. The molecule has 0 aromatic carbocycles. The molecule has 70 valence electrons. The van der Waals surface area contributed by atoms with E-state index in [2.05, 4.69) is 20.9 Å². The summed E-state index contributed by atoms with van der Waals surface area (Å²) in [4.78, 5) is 3.97. The number of nitrogen functional groups attached to an aromatic ring is 1. The van der Waals surface area contributed by atoms with Crippen LogP contribution in [-0.2, 0) is 0 Å². The number of rotatable bonds is 2. The minimum absolute atomic E-state index is 0.165. The third kappa shape index (κ3) is 2.28.